The van der Waals surface area contributed by atoms with Crippen LogP contribution in [0.3, 0.4) is 0 Å². The maximum absolute atomic E-state index is 13.3. The second-order valence-electron chi connectivity index (χ2n) is 14.0. The van der Waals surface area contributed by atoms with Gasteiger partial charge in [0.2, 0.25) is 11.8 Å². The van der Waals surface area contributed by atoms with Gasteiger partial charge in [0, 0.05) is 23.0 Å². The summed E-state index contributed by atoms with van der Waals surface area (Å²) in [6, 6.07) is -0.477. The highest BCUT2D eigenvalue weighted by atomic mass is 32.2. The molecule has 2 rings (SSSR count). The molecule has 0 unspecified atom stereocenters. The number of thioether (sulfide) groups is 1. The number of rotatable bonds is 15. The molecule has 0 spiro atoms. The van der Waals surface area contributed by atoms with Crippen molar-refractivity contribution in [3.05, 3.63) is 0 Å². The van der Waals surface area contributed by atoms with Gasteiger partial charge in [-0.3, -0.25) is 9.59 Å². The fraction of sp³-hybridized carbons (Fsp3) is 0.938. The predicted molar refractivity (Wildman–Crippen MR) is 164 cm³/mol. The van der Waals surface area contributed by atoms with E-state index in [1.54, 1.807) is 0 Å². The topological polar surface area (TPSA) is 98.7 Å². The number of amides is 2. The lowest BCUT2D eigenvalue weighted by atomic mass is 9.82. The standard InChI is InChI=1S/C32H60N2O4S/c1-22(2)17-28(35)29(36)27(19-25-15-11-8-12-16-25)34-30(37)23(3)20-33-31(38)26(21-39-32(4,5)6)18-24-13-9-7-10-14-24/h22-29,35-36H,7-21H2,1-6H3,(H,33,38)(H,34,37)/t23-,26-,27+,28+,29-/m1/s1. The minimum Gasteiger partial charge on any atom is -0.390 e. The molecule has 0 aromatic carbocycles. The van der Waals surface area contributed by atoms with E-state index in [9.17, 15) is 19.8 Å². The molecule has 228 valence electrons. The molecule has 0 saturated heterocycles. The van der Waals surface area contributed by atoms with Crippen LogP contribution in [0.1, 0.15) is 125 Å². The van der Waals surface area contributed by atoms with E-state index >= 15 is 0 Å². The van der Waals surface area contributed by atoms with Crippen molar-refractivity contribution in [3.63, 3.8) is 0 Å². The van der Waals surface area contributed by atoms with Crippen molar-refractivity contribution in [2.45, 2.75) is 148 Å². The Balaban J connectivity index is 1.96. The maximum Gasteiger partial charge on any atom is 0.224 e. The number of aliphatic hydroxyl groups is 2. The molecular weight excluding hydrogens is 508 g/mol. The monoisotopic (exact) mass is 568 g/mol. The van der Waals surface area contributed by atoms with E-state index in [-0.39, 0.29) is 34.9 Å². The van der Waals surface area contributed by atoms with Crippen LogP contribution in [0.4, 0.5) is 0 Å². The molecular formula is C32H60N2O4S. The largest absolute Gasteiger partial charge is 0.390 e. The Hall–Kier alpha value is -0.790. The smallest absolute Gasteiger partial charge is 0.224 e. The zero-order valence-electron chi connectivity index (χ0n) is 25.8. The Labute approximate surface area is 243 Å². The van der Waals surface area contributed by atoms with Crippen molar-refractivity contribution >= 4 is 23.6 Å². The number of nitrogens with one attached hydrogen (secondary N) is 2. The van der Waals surface area contributed by atoms with E-state index in [2.05, 4.69) is 31.4 Å². The number of hydrogen-bond acceptors (Lipinski definition) is 5. The van der Waals surface area contributed by atoms with Gasteiger partial charge in [0.25, 0.3) is 0 Å². The van der Waals surface area contributed by atoms with Crippen LogP contribution in [-0.4, -0.2) is 57.3 Å². The van der Waals surface area contributed by atoms with Crippen LogP contribution in [0.2, 0.25) is 0 Å². The highest BCUT2D eigenvalue weighted by Crippen LogP contribution is 2.33. The first-order valence-corrected chi connectivity index (χ1v) is 16.9. The van der Waals surface area contributed by atoms with E-state index in [0.29, 0.717) is 24.7 Å². The zero-order valence-corrected chi connectivity index (χ0v) is 26.7. The Morgan fingerprint density at radius 1 is 0.846 bits per heavy atom. The summed E-state index contributed by atoms with van der Waals surface area (Å²) in [6.07, 6.45) is 12.4. The van der Waals surface area contributed by atoms with Gasteiger partial charge >= 0.3 is 0 Å². The summed E-state index contributed by atoms with van der Waals surface area (Å²) >= 11 is 1.84. The highest BCUT2D eigenvalue weighted by Gasteiger charge is 2.32. The Morgan fingerprint density at radius 2 is 1.38 bits per heavy atom. The van der Waals surface area contributed by atoms with Gasteiger partial charge in [0.05, 0.1) is 18.1 Å². The molecule has 0 radical (unpaired) electrons. The third-order valence-electron chi connectivity index (χ3n) is 8.62. The zero-order chi connectivity index (χ0) is 29.0. The molecule has 2 saturated carbocycles. The van der Waals surface area contributed by atoms with Crippen LogP contribution in [0.25, 0.3) is 0 Å². The molecule has 6 nitrogen and oxygen atoms in total. The van der Waals surface area contributed by atoms with Crippen LogP contribution in [-0.2, 0) is 9.59 Å². The Bertz CT molecular complexity index is 713. The summed E-state index contributed by atoms with van der Waals surface area (Å²) in [4.78, 5) is 26.6. The van der Waals surface area contributed by atoms with E-state index in [1.165, 1.54) is 51.4 Å². The second-order valence-corrected chi connectivity index (χ2v) is 15.9. The van der Waals surface area contributed by atoms with Crippen molar-refractivity contribution in [2.24, 2.45) is 29.6 Å². The molecule has 2 aliphatic carbocycles. The molecule has 0 bridgehead atoms. The normalized spacial score (nSPS) is 21.7. The van der Waals surface area contributed by atoms with Crippen molar-refractivity contribution in [2.75, 3.05) is 12.3 Å². The number of aliphatic hydroxyl groups excluding tert-OH is 2. The lowest BCUT2D eigenvalue weighted by molar-refractivity contribution is -0.128. The summed E-state index contributed by atoms with van der Waals surface area (Å²) in [5, 5.41) is 27.9. The molecule has 2 amide bonds. The van der Waals surface area contributed by atoms with Gasteiger partial charge in [0.1, 0.15) is 6.10 Å². The first-order valence-electron chi connectivity index (χ1n) is 15.9. The van der Waals surface area contributed by atoms with Crippen LogP contribution < -0.4 is 10.6 Å². The van der Waals surface area contributed by atoms with Gasteiger partial charge in [-0.05, 0) is 37.0 Å². The Kier molecular flexibility index (Phi) is 15.2. The van der Waals surface area contributed by atoms with Crippen molar-refractivity contribution < 1.29 is 19.8 Å². The Morgan fingerprint density at radius 3 is 1.90 bits per heavy atom. The summed E-state index contributed by atoms with van der Waals surface area (Å²) in [5.41, 5.74) is 0. The minimum atomic E-state index is -0.991. The van der Waals surface area contributed by atoms with E-state index < -0.39 is 24.2 Å². The van der Waals surface area contributed by atoms with Crippen molar-refractivity contribution in [1.82, 2.24) is 10.6 Å². The minimum absolute atomic E-state index is 0.0420. The molecule has 2 aliphatic rings. The fourth-order valence-corrected chi connectivity index (χ4v) is 7.19. The molecule has 0 aromatic rings. The third kappa shape index (κ3) is 13.6. The molecule has 39 heavy (non-hydrogen) atoms. The van der Waals surface area contributed by atoms with E-state index in [1.807, 2.05) is 32.5 Å². The summed E-state index contributed by atoms with van der Waals surface area (Å²) in [6.45, 7) is 12.7. The van der Waals surface area contributed by atoms with Crippen LogP contribution in [0.15, 0.2) is 0 Å². The molecule has 0 aromatic heterocycles. The first-order chi connectivity index (χ1) is 18.4. The van der Waals surface area contributed by atoms with Gasteiger partial charge < -0.3 is 20.8 Å². The SMILES string of the molecule is CC(C)C[C@H](O)[C@H](O)[C@H](CC1CCCCC1)NC(=O)[C@H](C)CNC(=O)[C@@H](CSC(C)(C)C)CC1CCCCC1. The maximum atomic E-state index is 13.3. The summed E-state index contributed by atoms with van der Waals surface area (Å²) < 4.78 is 0.104. The molecule has 2 fully saturated rings. The van der Waals surface area contributed by atoms with Crippen molar-refractivity contribution in [3.8, 4) is 0 Å². The summed E-state index contributed by atoms with van der Waals surface area (Å²) in [5.74, 6) is 1.57. The van der Waals surface area contributed by atoms with Crippen LogP contribution in [0.5, 0.6) is 0 Å². The second kappa shape index (κ2) is 17.2. The van der Waals surface area contributed by atoms with Crippen molar-refractivity contribution in [1.29, 1.82) is 0 Å². The van der Waals surface area contributed by atoms with Gasteiger partial charge in [0.15, 0.2) is 0 Å². The van der Waals surface area contributed by atoms with Gasteiger partial charge in [-0.15, -0.1) is 0 Å². The van der Waals surface area contributed by atoms with Gasteiger partial charge in [-0.1, -0.05) is 106 Å². The van der Waals surface area contributed by atoms with E-state index in [4.69, 9.17) is 0 Å². The third-order valence-corrected chi connectivity index (χ3v) is 10.1. The van der Waals surface area contributed by atoms with E-state index in [0.717, 1.165) is 25.0 Å². The average Bonchev–Trinajstić information content (AvgIpc) is 2.88. The summed E-state index contributed by atoms with van der Waals surface area (Å²) in [7, 11) is 0. The number of carbonyl (C=O) groups is 2. The number of carbonyl (C=O) groups excluding carboxylic acids is 2. The number of hydrogen-bond donors (Lipinski definition) is 4. The molecule has 0 aliphatic heterocycles. The van der Waals surface area contributed by atoms with Gasteiger partial charge in [-0.2, -0.15) is 11.8 Å². The van der Waals surface area contributed by atoms with Crippen LogP contribution >= 0.6 is 11.8 Å². The molecule has 7 heteroatoms. The highest BCUT2D eigenvalue weighted by molar-refractivity contribution is 8.00. The fourth-order valence-electron chi connectivity index (χ4n) is 6.20. The first kappa shape index (κ1) is 34.4. The molecule has 4 N–H and O–H groups in total. The van der Waals surface area contributed by atoms with Crippen LogP contribution in [0, 0.1) is 29.6 Å². The average molecular weight is 569 g/mol. The molecule has 0 heterocycles. The molecule has 5 atom stereocenters. The lowest BCUT2D eigenvalue weighted by Crippen LogP contribution is -2.52. The predicted octanol–water partition coefficient (Wildman–Crippen LogP) is 6.08. The lowest BCUT2D eigenvalue weighted by Gasteiger charge is -2.33. The van der Waals surface area contributed by atoms with Gasteiger partial charge in [-0.25, -0.2) is 0 Å². The quantitative estimate of drug-likeness (QED) is 0.192.